The Labute approximate surface area is 182 Å². The summed E-state index contributed by atoms with van der Waals surface area (Å²) in [5.74, 6) is -4.08. The Hall–Kier alpha value is -3.38. The molecule has 3 rings (SSSR count). The lowest BCUT2D eigenvalue weighted by molar-refractivity contribution is -0.242. The minimum atomic E-state index is -5.10. The molecule has 168 valence electrons. The van der Waals surface area contributed by atoms with Gasteiger partial charge in [-0.15, -0.1) is 0 Å². The molecule has 1 heterocycles. The minimum absolute atomic E-state index is 0.0849. The SMILES string of the molecule is CCOC(=O)[C@@]1(C(F)(F)F)[C@H](c2ccccc2)[C@@H](C(=O)OC)N[C@H]1c1ccc(C#N)cc1. The zero-order chi connectivity index (χ0) is 23.5. The third-order valence-corrected chi connectivity index (χ3v) is 5.69. The highest BCUT2D eigenvalue weighted by Crippen LogP contribution is 2.61. The maximum atomic E-state index is 15.0. The molecular weight excluding hydrogens is 425 g/mol. The average Bonchev–Trinajstić information content (AvgIpc) is 3.17. The molecule has 2 aromatic carbocycles. The van der Waals surface area contributed by atoms with Gasteiger partial charge in [-0.3, -0.25) is 14.9 Å². The van der Waals surface area contributed by atoms with Gasteiger partial charge < -0.3 is 9.47 Å². The summed E-state index contributed by atoms with van der Waals surface area (Å²) in [7, 11) is 1.07. The van der Waals surface area contributed by atoms with Gasteiger partial charge in [0.05, 0.1) is 31.4 Å². The monoisotopic (exact) mass is 446 g/mol. The third kappa shape index (κ3) is 3.71. The highest BCUT2D eigenvalue weighted by Gasteiger charge is 2.76. The summed E-state index contributed by atoms with van der Waals surface area (Å²) in [4.78, 5) is 25.8. The largest absolute Gasteiger partial charge is 0.468 e. The molecule has 0 amide bonds. The second kappa shape index (κ2) is 9.01. The van der Waals surface area contributed by atoms with E-state index in [1.807, 2.05) is 6.07 Å². The van der Waals surface area contributed by atoms with Crippen LogP contribution in [-0.2, 0) is 19.1 Å². The molecule has 1 aliphatic heterocycles. The molecule has 2 aromatic rings. The third-order valence-electron chi connectivity index (χ3n) is 5.69. The number of halogens is 3. The van der Waals surface area contributed by atoms with Crippen LogP contribution < -0.4 is 5.32 Å². The maximum Gasteiger partial charge on any atom is 0.407 e. The van der Waals surface area contributed by atoms with E-state index < -0.39 is 41.5 Å². The van der Waals surface area contributed by atoms with E-state index >= 15 is 13.2 Å². The number of methoxy groups -OCH3 is 1. The number of hydrogen-bond acceptors (Lipinski definition) is 6. The number of benzene rings is 2. The Morgan fingerprint density at radius 3 is 2.22 bits per heavy atom. The van der Waals surface area contributed by atoms with Crippen molar-refractivity contribution in [2.75, 3.05) is 13.7 Å². The lowest BCUT2D eigenvalue weighted by Crippen LogP contribution is -2.53. The van der Waals surface area contributed by atoms with E-state index in [0.717, 1.165) is 7.11 Å². The Balaban J connectivity index is 2.34. The number of hydrogen-bond donors (Lipinski definition) is 1. The Morgan fingerprint density at radius 1 is 1.09 bits per heavy atom. The van der Waals surface area contributed by atoms with Crippen LogP contribution in [0.2, 0.25) is 0 Å². The van der Waals surface area contributed by atoms with Crippen molar-refractivity contribution in [2.24, 2.45) is 5.41 Å². The molecule has 0 aromatic heterocycles. The lowest BCUT2D eigenvalue weighted by Gasteiger charge is -2.39. The normalized spacial score (nSPS) is 25.1. The average molecular weight is 446 g/mol. The number of esters is 2. The summed E-state index contributed by atoms with van der Waals surface area (Å²) < 4.78 is 54.8. The van der Waals surface area contributed by atoms with Gasteiger partial charge >= 0.3 is 18.1 Å². The quantitative estimate of drug-likeness (QED) is 0.706. The smallest absolute Gasteiger partial charge is 0.407 e. The van der Waals surface area contributed by atoms with Crippen LogP contribution in [0.5, 0.6) is 0 Å². The molecule has 0 radical (unpaired) electrons. The molecule has 0 unspecified atom stereocenters. The standard InChI is InChI=1S/C23H21F3N2O4/c1-3-32-21(30)22(23(24,25)26)17(15-7-5-4-6-8-15)18(20(29)31-2)28-19(22)16-11-9-14(13-27)10-12-16/h4-12,17-19,28H,3H2,1-2H3/t17-,18+,19+,22-/m1/s1. The Bertz CT molecular complexity index is 1020. The molecule has 6 nitrogen and oxygen atoms in total. The van der Waals surface area contributed by atoms with Crippen LogP contribution in [0.25, 0.3) is 0 Å². The van der Waals surface area contributed by atoms with Crippen molar-refractivity contribution in [1.29, 1.82) is 5.26 Å². The summed E-state index contributed by atoms with van der Waals surface area (Å²) in [5.41, 5.74) is -2.67. The van der Waals surface area contributed by atoms with Crippen molar-refractivity contribution >= 4 is 11.9 Å². The lowest BCUT2D eigenvalue weighted by atomic mass is 9.66. The second-order valence-electron chi connectivity index (χ2n) is 7.31. The van der Waals surface area contributed by atoms with Gasteiger partial charge in [0.25, 0.3) is 0 Å². The highest BCUT2D eigenvalue weighted by molar-refractivity contribution is 5.87. The minimum Gasteiger partial charge on any atom is -0.468 e. The molecule has 32 heavy (non-hydrogen) atoms. The van der Waals surface area contributed by atoms with E-state index in [9.17, 15) is 9.59 Å². The molecule has 1 saturated heterocycles. The Morgan fingerprint density at radius 2 is 1.72 bits per heavy atom. The first-order valence-corrected chi connectivity index (χ1v) is 9.85. The summed E-state index contributed by atoms with van der Waals surface area (Å²) in [6.07, 6.45) is -5.10. The molecule has 4 atom stereocenters. The molecular formula is C23H21F3N2O4. The van der Waals surface area contributed by atoms with Gasteiger partial charge in [-0.1, -0.05) is 42.5 Å². The van der Waals surface area contributed by atoms with E-state index in [2.05, 4.69) is 5.32 Å². The first kappa shape index (κ1) is 23.3. The van der Waals surface area contributed by atoms with Gasteiger partial charge in [0, 0.05) is 5.92 Å². The van der Waals surface area contributed by atoms with Gasteiger partial charge in [-0.2, -0.15) is 18.4 Å². The van der Waals surface area contributed by atoms with Crippen molar-refractivity contribution in [1.82, 2.24) is 5.32 Å². The van der Waals surface area contributed by atoms with Crippen LogP contribution in [0.3, 0.4) is 0 Å². The van der Waals surface area contributed by atoms with Crippen LogP contribution in [-0.4, -0.2) is 37.9 Å². The molecule has 0 aliphatic carbocycles. The number of carbonyl (C=O) groups excluding carboxylic acids is 2. The zero-order valence-electron chi connectivity index (χ0n) is 17.3. The van der Waals surface area contributed by atoms with Gasteiger partial charge in [0.2, 0.25) is 0 Å². The summed E-state index contributed by atoms with van der Waals surface area (Å²) in [6.45, 7) is 1.14. The topological polar surface area (TPSA) is 88.4 Å². The number of nitrogens with zero attached hydrogens (tertiary/aromatic N) is 1. The number of nitrogens with one attached hydrogen (secondary N) is 1. The predicted molar refractivity (Wildman–Crippen MR) is 107 cm³/mol. The number of nitriles is 1. The van der Waals surface area contributed by atoms with E-state index in [1.54, 1.807) is 6.07 Å². The Kier molecular flexibility index (Phi) is 6.55. The highest BCUT2D eigenvalue weighted by atomic mass is 19.4. The number of carbonyl (C=O) groups is 2. The van der Waals surface area contributed by atoms with Crippen molar-refractivity contribution in [3.05, 3.63) is 71.3 Å². The van der Waals surface area contributed by atoms with Crippen LogP contribution in [0.1, 0.15) is 35.6 Å². The van der Waals surface area contributed by atoms with E-state index in [-0.39, 0.29) is 23.3 Å². The first-order valence-electron chi connectivity index (χ1n) is 9.85. The number of ether oxygens (including phenoxy) is 2. The fraction of sp³-hybridized carbons (Fsp3) is 0.348. The zero-order valence-corrected chi connectivity index (χ0v) is 17.3. The number of alkyl halides is 3. The number of rotatable bonds is 5. The summed E-state index contributed by atoms with van der Waals surface area (Å²) in [5, 5.41) is 11.7. The van der Waals surface area contributed by atoms with Crippen LogP contribution in [0.4, 0.5) is 13.2 Å². The van der Waals surface area contributed by atoms with Gasteiger partial charge in [-0.05, 0) is 30.2 Å². The molecule has 0 spiro atoms. The van der Waals surface area contributed by atoms with E-state index in [1.165, 1.54) is 55.5 Å². The van der Waals surface area contributed by atoms with Gasteiger partial charge in [0.15, 0.2) is 5.41 Å². The van der Waals surface area contributed by atoms with Crippen LogP contribution in [0, 0.1) is 16.7 Å². The molecule has 0 saturated carbocycles. The molecule has 1 fully saturated rings. The maximum absolute atomic E-state index is 15.0. The van der Waals surface area contributed by atoms with Crippen molar-refractivity contribution in [3.63, 3.8) is 0 Å². The second-order valence-corrected chi connectivity index (χ2v) is 7.31. The summed E-state index contributed by atoms with van der Waals surface area (Å²) >= 11 is 0. The van der Waals surface area contributed by atoms with Crippen LogP contribution in [0.15, 0.2) is 54.6 Å². The van der Waals surface area contributed by atoms with Crippen molar-refractivity contribution in [2.45, 2.75) is 31.1 Å². The summed E-state index contributed by atoms with van der Waals surface area (Å²) in [6, 6.07) is 11.7. The van der Waals surface area contributed by atoms with E-state index in [4.69, 9.17) is 14.7 Å². The van der Waals surface area contributed by atoms with Crippen molar-refractivity contribution in [3.8, 4) is 6.07 Å². The van der Waals surface area contributed by atoms with E-state index in [0.29, 0.717) is 0 Å². The molecule has 9 heteroatoms. The van der Waals surface area contributed by atoms with Crippen LogP contribution >= 0.6 is 0 Å². The first-order chi connectivity index (χ1) is 15.2. The fourth-order valence-electron chi connectivity index (χ4n) is 4.36. The van der Waals surface area contributed by atoms with Gasteiger partial charge in [-0.25, -0.2) is 0 Å². The molecule has 0 bridgehead atoms. The predicted octanol–water partition coefficient (Wildman–Crippen LogP) is 3.64. The van der Waals surface area contributed by atoms with Gasteiger partial charge in [0.1, 0.15) is 6.04 Å². The fourth-order valence-corrected chi connectivity index (χ4v) is 4.36. The molecule has 1 N–H and O–H groups in total. The van der Waals surface area contributed by atoms with Crippen molar-refractivity contribution < 1.29 is 32.2 Å². The molecule has 1 aliphatic rings.